The van der Waals surface area contributed by atoms with Crippen molar-refractivity contribution in [3.63, 3.8) is 0 Å². The fraction of sp³-hybridized carbons (Fsp3) is 0.273. The lowest BCUT2D eigenvalue weighted by Crippen LogP contribution is -2.29. The summed E-state index contributed by atoms with van der Waals surface area (Å²) in [6, 6.07) is 0. The summed E-state index contributed by atoms with van der Waals surface area (Å²) in [4.78, 5) is 4.48. The molecule has 104 valence electrons. The minimum absolute atomic E-state index is 0.166. The van der Waals surface area contributed by atoms with E-state index in [1.165, 1.54) is 6.20 Å². The summed E-state index contributed by atoms with van der Waals surface area (Å²) in [5.41, 5.74) is 8.00. The van der Waals surface area contributed by atoms with Crippen LogP contribution in [0.3, 0.4) is 0 Å². The van der Waals surface area contributed by atoms with Crippen LogP contribution in [0.4, 0.5) is 5.82 Å². The van der Waals surface area contributed by atoms with Crippen LogP contribution < -0.4 is 10.5 Å². The van der Waals surface area contributed by atoms with Crippen molar-refractivity contribution in [2.45, 2.75) is 20.4 Å². The van der Waals surface area contributed by atoms with Crippen molar-refractivity contribution in [1.29, 1.82) is 0 Å². The third kappa shape index (κ3) is 1.66. The Balaban J connectivity index is 2.43. The number of aryl methyl sites for hydroxylation is 2. The predicted octanol–water partition coefficient (Wildman–Crippen LogP) is 1.39. The third-order valence-electron chi connectivity index (χ3n) is 3.14. The van der Waals surface area contributed by atoms with Crippen LogP contribution in [0.2, 0.25) is 0 Å². The van der Waals surface area contributed by atoms with Crippen molar-refractivity contribution in [1.82, 2.24) is 19.9 Å². The van der Waals surface area contributed by atoms with E-state index in [0.717, 1.165) is 10.2 Å². The van der Waals surface area contributed by atoms with Crippen LogP contribution in [0.5, 0.6) is 0 Å². The fourth-order valence-corrected chi connectivity index (χ4v) is 2.74. The minimum Gasteiger partial charge on any atom is -0.618 e. The molecule has 0 spiro atoms. The summed E-state index contributed by atoms with van der Waals surface area (Å²) in [6.45, 7) is 4.32. The molecule has 0 amide bonds. The molecule has 20 heavy (non-hydrogen) atoms. The molecule has 2 N–H and O–H groups in total. The van der Waals surface area contributed by atoms with Crippen LogP contribution >= 0.6 is 15.9 Å². The zero-order chi connectivity index (χ0) is 14.4. The molecule has 0 aliphatic rings. The number of nitrogens with zero attached hydrogens (tertiary/aromatic N) is 5. The molecule has 0 aliphatic heterocycles. The molecule has 3 aromatic rings. The van der Waals surface area contributed by atoms with Crippen LogP contribution in [-0.2, 0) is 6.54 Å². The number of nitrogens with two attached hydrogens (primary N) is 1. The van der Waals surface area contributed by atoms with E-state index < -0.39 is 0 Å². The number of imidazole rings is 1. The molecule has 0 radical (unpaired) electrons. The molecule has 0 saturated heterocycles. The highest BCUT2D eigenvalue weighted by Crippen LogP contribution is 2.31. The first-order valence-corrected chi connectivity index (χ1v) is 6.70. The molecule has 3 aromatic heterocycles. The smallest absolute Gasteiger partial charge is 0.217 e. The fourth-order valence-electron chi connectivity index (χ4n) is 2.15. The average Bonchev–Trinajstić information content (AvgIpc) is 2.99. The molecule has 3 rings (SSSR count). The Morgan fingerprint density at radius 1 is 1.50 bits per heavy atom. The van der Waals surface area contributed by atoms with Crippen molar-refractivity contribution >= 4 is 32.8 Å². The van der Waals surface area contributed by atoms with Crippen LogP contribution in [0.15, 0.2) is 15.3 Å². The first-order chi connectivity index (χ1) is 9.54. The van der Waals surface area contributed by atoms with Gasteiger partial charge in [-0.1, -0.05) is 0 Å². The standard InChI is InChI=1S/C11H11BrN6O2/c1-3-17-9-6(12)4-18(19)5(2)7(9)14-11(17)8-10(13)16-20-15-8/h4H,3H2,1-2H3,(H2,13,16). The number of hydrogen-bond acceptors (Lipinski definition) is 6. The quantitative estimate of drug-likeness (QED) is 0.558. The van der Waals surface area contributed by atoms with Gasteiger partial charge in [0, 0.05) is 13.5 Å². The van der Waals surface area contributed by atoms with Crippen molar-refractivity contribution in [3.05, 3.63) is 21.6 Å². The molecule has 3 heterocycles. The van der Waals surface area contributed by atoms with Gasteiger partial charge in [0.1, 0.15) is 4.47 Å². The lowest BCUT2D eigenvalue weighted by atomic mass is 10.3. The summed E-state index contributed by atoms with van der Waals surface area (Å²) < 4.78 is 7.96. The van der Waals surface area contributed by atoms with Crippen molar-refractivity contribution in [2.75, 3.05) is 5.73 Å². The largest absolute Gasteiger partial charge is 0.618 e. The highest BCUT2D eigenvalue weighted by molar-refractivity contribution is 9.10. The molecule has 0 fully saturated rings. The van der Waals surface area contributed by atoms with Gasteiger partial charge in [-0.25, -0.2) is 9.61 Å². The minimum atomic E-state index is 0.166. The van der Waals surface area contributed by atoms with Gasteiger partial charge in [0.2, 0.25) is 5.69 Å². The Hall–Kier alpha value is -2.16. The molecular formula is C11H11BrN6O2. The second-order valence-corrected chi connectivity index (χ2v) is 5.12. The summed E-state index contributed by atoms with van der Waals surface area (Å²) in [5.74, 6) is 0.690. The van der Waals surface area contributed by atoms with Crippen molar-refractivity contribution in [2.24, 2.45) is 0 Å². The highest BCUT2D eigenvalue weighted by atomic mass is 79.9. The van der Waals surface area contributed by atoms with E-state index in [1.54, 1.807) is 6.92 Å². The van der Waals surface area contributed by atoms with Gasteiger partial charge in [0.05, 0.1) is 5.52 Å². The monoisotopic (exact) mass is 338 g/mol. The van der Waals surface area contributed by atoms with Gasteiger partial charge in [0.15, 0.2) is 29.0 Å². The van der Waals surface area contributed by atoms with Crippen LogP contribution in [-0.4, -0.2) is 19.9 Å². The number of anilines is 1. The Kier molecular flexibility index (Phi) is 2.85. The van der Waals surface area contributed by atoms with Crippen molar-refractivity contribution in [3.8, 4) is 11.5 Å². The number of fused-ring (bicyclic) bond motifs is 1. The second-order valence-electron chi connectivity index (χ2n) is 4.26. The Morgan fingerprint density at radius 2 is 2.25 bits per heavy atom. The molecule has 0 aromatic carbocycles. The number of halogens is 1. The Bertz CT molecular complexity index is 809. The highest BCUT2D eigenvalue weighted by Gasteiger charge is 2.23. The molecule has 0 atom stereocenters. The van der Waals surface area contributed by atoms with Crippen LogP contribution in [0.1, 0.15) is 12.6 Å². The average molecular weight is 339 g/mol. The molecular weight excluding hydrogens is 328 g/mol. The van der Waals surface area contributed by atoms with Gasteiger partial charge >= 0.3 is 0 Å². The molecule has 8 nitrogen and oxygen atoms in total. The summed E-state index contributed by atoms with van der Waals surface area (Å²) in [6.07, 6.45) is 1.46. The summed E-state index contributed by atoms with van der Waals surface area (Å²) in [7, 11) is 0. The normalized spacial score (nSPS) is 11.3. The van der Waals surface area contributed by atoms with Gasteiger partial charge in [-0.15, -0.1) is 0 Å². The van der Waals surface area contributed by atoms with E-state index >= 15 is 0 Å². The van der Waals surface area contributed by atoms with Gasteiger partial charge in [-0.05, 0) is 33.2 Å². The molecule has 0 unspecified atom stereocenters. The topological polar surface area (TPSA) is 110 Å². The number of hydrogen-bond donors (Lipinski definition) is 1. The maximum atomic E-state index is 11.8. The zero-order valence-corrected chi connectivity index (χ0v) is 12.4. The van der Waals surface area contributed by atoms with Crippen LogP contribution in [0.25, 0.3) is 22.6 Å². The number of nitrogen functional groups attached to an aromatic ring is 1. The molecule has 0 aliphatic carbocycles. The maximum absolute atomic E-state index is 11.8. The predicted molar refractivity (Wildman–Crippen MR) is 74.5 cm³/mol. The lowest BCUT2D eigenvalue weighted by Gasteiger charge is -2.06. The Labute approximate surface area is 121 Å². The number of aromatic nitrogens is 5. The second kappa shape index (κ2) is 4.44. The number of rotatable bonds is 2. The first kappa shape index (κ1) is 12.9. The third-order valence-corrected chi connectivity index (χ3v) is 3.72. The molecule has 0 saturated carbocycles. The summed E-state index contributed by atoms with van der Waals surface area (Å²) >= 11 is 3.40. The van der Waals surface area contributed by atoms with E-state index in [9.17, 15) is 5.21 Å². The van der Waals surface area contributed by atoms with Gasteiger partial charge in [0.25, 0.3) is 0 Å². The van der Waals surface area contributed by atoms with E-state index in [-0.39, 0.29) is 5.82 Å². The van der Waals surface area contributed by atoms with E-state index in [2.05, 4.69) is 35.9 Å². The first-order valence-electron chi connectivity index (χ1n) is 5.91. The number of pyridine rings is 1. The van der Waals surface area contributed by atoms with Gasteiger partial charge in [-0.2, -0.15) is 4.73 Å². The SMILES string of the molecule is CCn1c(-c2nonc2N)nc2c(C)[n+]([O-])cc(Br)c21. The van der Waals surface area contributed by atoms with E-state index in [1.807, 2.05) is 11.5 Å². The summed E-state index contributed by atoms with van der Waals surface area (Å²) in [5, 5.41) is 19.1. The molecule has 9 heteroatoms. The van der Waals surface area contributed by atoms with E-state index in [0.29, 0.717) is 33.7 Å². The van der Waals surface area contributed by atoms with Gasteiger partial charge < -0.3 is 15.5 Å². The molecule has 0 bridgehead atoms. The zero-order valence-electron chi connectivity index (χ0n) is 10.8. The van der Waals surface area contributed by atoms with Crippen LogP contribution in [0, 0.1) is 12.1 Å². The van der Waals surface area contributed by atoms with E-state index in [4.69, 9.17) is 5.73 Å². The van der Waals surface area contributed by atoms with Gasteiger partial charge in [-0.3, -0.25) is 0 Å². The maximum Gasteiger partial charge on any atom is 0.217 e. The lowest BCUT2D eigenvalue weighted by molar-refractivity contribution is -0.611. The van der Waals surface area contributed by atoms with Crippen molar-refractivity contribution < 1.29 is 9.36 Å². The Morgan fingerprint density at radius 3 is 2.85 bits per heavy atom.